The minimum absolute atomic E-state index is 0.197. The first kappa shape index (κ1) is 16.9. The predicted octanol–water partition coefficient (Wildman–Crippen LogP) is 4.45. The van der Waals surface area contributed by atoms with E-state index in [1.54, 1.807) is 6.26 Å². The lowest BCUT2D eigenvalue weighted by molar-refractivity contribution is 0.00630. The standard InChI is InChI=1S/C21H19N5O2/c1-13-9-16(6-7-27-13)26-20(11-15-5-8-28-25-15)24-19-12-23-18-4-3-14(22-2)10-17(18)21(19)26/h3-5,8,10,12-13,16H,6-7,9,11H2,1H3/t13-,16+/m1/s1. The molecule has 140 valence electrons. The summed E-state index contributed by atoms with van der Waals surface area (Å²) in [4.78, 5) is 13.1. The number of benzene rings is 1. The van der Waals surface area contributed by atoms with Gasteiger partial charge in [0.25, 0.3) is 0 Å². The van der Waals surface area contributed by atoms with Crippen molar-refractivity contribution in [2.75, 3.05) is 6.61 Å². The fraction of sp³-hybridized carbons (Fsp3) is 0.333. The Morgan fingerprint density at radius 2 is 2.21 bits per heavy atom. The zero-order chi connectivity index (χ0) is 19.1. The van der Waals surface area contributed by atoms with E-state index < -0.39 is 0 Å². The molecule has 28 heavy (non-hydrogen) atoms. The van der Waals surface area contributed by atoms with Gasteiger partial charge in [0.1, 0.15) is 17.6 Å². The molecule has 0 aliphatic carbocycles. The van der Waals surface area contributed by atoms with E-state index in [-0.39, 0.29) is 12.1 Å². The Morgan fingerprint density at radius 3 is 3.00 bits per heavy atom. The van der Waals surface area contributed by atoms with Crippen LogP contribution in [0.3, 0.4) is 0 Å². The Bertz CT molecular complexity index is 1190. The maximum Gasteiger partial charge on any atom is 0.188 e. The average molecular weight is 373 g/mol. The van der Waals surface area contributed by atoms with Gasteiger partial charge in [-0.25, -0.2) is 9.83 Å². The molecule has 1 aromatic carbocycles. The van der Waals surface area contributed by atoms with Crippen LogP contribution in [0.2, 0.25) is 0 Å². The molecule has 1 aliphatic rings. The fourth-order valence-corrected chi connectivity index (χ4v) is 4.10. The molecule has 0 radical (unpaired) electrons. The summed E-state index contributed by atoms with van der Waals surface area (Å²) >= 11 is 0. The topological polar surface area (TPSA) is 70.3 Å². The number of imidazole rings is 1. The highest BCUT2D eigenvalue weighted by atomic mass is 16.5. The molecule has 0 amide bonds. The van der Waals surface area contributed by atoms with Crippen molar-refractivity contribution in [3.63, 3.8) is 0 Å². The van der Waals surface area contributed by atoms with Crippen LogP contribution in [-0.4, -0.2) is 32.4 Å². The molecule has 4 heterocycles. The van der Waals surface area contributed by atoms with E-state index in [0.717, 1.165) is 52.9 Å². The van der Waals surface area contributed by atoms with Crippen LogP contribution < -0.4 is 0 Å². The predicted molar refractivity (Wildman–Crippen MR) is 104 cm³/mol. The lowest BCUT2D eigenvalue weighted by Gasteiger charge is -2.30. The van der Waals surface area contributed by atoms with E-state index in [0.29, 0.717) is 12.1 Å². The van der Waals surface area contributed by atoms with Gasteiger partial charge < -0.3 is 13.8 Å². The Balaban J connectivity index is 1.77. The second kappa shape index (κ2) is 6.73. The van der Waals surface area contributed by atoms with Gasteiger partial charge in [-0.3, -0.25) is 4.98 Å². The number of fused-ring (bicyclic) bond motifs is 3. The molecule has 0 unspecified atom stereocenters. The number of hydrogen-bond donors (Lipinski definition) is 0. The van der Waals surface area contributed by atoms with E-state index >= 15 is 0 Å². The van der Waals surface area contributed by atoms with Crippen LogP contribution in [0.5, 0.6) is 0 Å². The monoisotopic (exact) mass is 373 g/mol. The SMILES string of the molecule is [C-]#[N+]c1ccc2ncc3nc(Cc4ccon4)n([C@H]4CCO[C@H](C)C4)c3c2c1. The van der Waals surface area contributed by atoms with Crippen molar-refractivity contribution < 1.29 is 9.26 Å². The molecule has 1 saturated heterocycles. The van der Waals surface area contributed by atoms with Gasteiger partial charge in [-0.1, -0.05) is 11.2 Å². The molecule has 0 spiro atoms. The summed E-state index contributed by atoms with van der Waals surface area (Å²) in [6.45, 7) is 10.2. The highest BCUT2D eigenvalue weighted by Crippen LogP contribution is 2.35. The molecule has 1 fully saturated rings. The molecule has 0 saturated carbocycles. The highest BCUT2D eigenvalue weighted by Gasteiger charge is 2.26. The van der Waals surface area contributed by atoms with Crippen molar-refractivity contribution in [3.05, 3.63) is 59.7 Å². The fourth-order valence-electron chi connectivity index (χ4n) is 4.10. The Labute approximate surface area is 161 Å². The molecule has 7 nitrogen and oxygen atoms in total. The molecule has 4 aromatic rings. The Kier molecular flexibility index (Phi) is 4.06. The summed E-state index contributed by atoms with van der Waals surface area (Å²) in [6, 6.07) is 7.77. The minimum Gasteiger partial charge on any atom is -0.378 e. The maximum absolute atomic E-state index is 7.39. The first-order valence-corrected chi connectivity index (χ1v) is 9.41. The Hall–Kier alpha value is -3.24. The van der Waals surface area contributed by atoms with Gasteiger partial charge in [-0.15, -0.1) is 0 Å². The molecular weight excluding hydrogens is 354 g/mol. The second-order valence-corrected chi connectivity index (χ2v) is 7.23. The van der Waals surface area contributed by atoms with Crippen molar-refractivity contribution in [2.24, 2.45) is 0 Å². The van der Waals surface area contributed by atoms with Gasteiger partial charge in [-0.2, -0.15) is 0 Å². The molecular formula is C21H19N5O2. The lowest BCUT2D eigenvalue weighted by Crippen LogP contribution is -2.26. The van der Waals surface area contributed by atoms with Crippen molar-refractivity contribution in [1.29, 1.82) is 0 Å². The zero-order valence-electron chi connectivity index (χ0n) is 15.5. The Morgan fingerprint density at radius 1 is 1.29 bits per heavy atom. The summed E-state index contributed by atoms with van der Waals surface area (Å²) in [5, 5.41) is 5.03. The number of nitrogens with zero attached hydrogens (tertiary/aromatic N) is 5. The quantitative estimate of drug-likeness (QED) is 0.496. The van der Waals surface area contributed by atoms with Gasteiger partial charge in [0.05, 0.1) is 42.0 Å². The smallest absolute Gasteiger partial charge is 0.188 e. The zero-order valence-corrected chi connectivity index (χ0v) is 15.5. The molecule has 7 heteroatoms. The van der Waals surface area contributed by atoms with Crippen LogP contribution in [0.25, 0.3) is 26.8 Å². The van der Waals surface area contributed by atoms with Crippen LogP contribution in [0.4, 0.5) is 5.69 Å². The lowest BCUT2D eigenvalue weighted by atomic mass is 10.0. The number of rotatable bonds is 3. The van der Waals surface area contributed by atoms with Crippen LogP contribution in [0.1, 0.15) is 37.3 Å². The van der Waals surface area contributed by atoms with Gasteiger partial charge in [0, 0.05) is 24.1 Å². The number of pyridine rings is 1. The van der Waals surface area contributed by atoms with Gasteiger partial charge >= 0.3 is 0 Å². The third-order valence-corrected chi connectivity index (χ3v) is 5.35. The highest BCUT2D eigenvalue weighted by molar-refractivity contribution is 6.03. The third-order valence-electron chi connectivity index (χ3n) is 5.35. The van der Waals surface area contributed by atoms with Crippen LogP contribution in [-0.2, 0) is 11.2 Å². The summed E-state index contributed by atoms with van der Waals surface area (Å²) in [5.41, 5.74) is 4.19. The van der Waals surface area contributed by atoms with Gasteiger partial charge in [0.2, 0.25) is 0 Å². The third kappa shape index (κ3) is 2.83. The number of hydrogen-bond acceptors (Lipinski definition) is 5. The van der Waals surface area contributed by atoms with E-state index in [4.69, 9.17) is 20.8 Å². The average Bonchev–Trinajstić information content (AvgIpc) is 3.35. The molecule has 0 N–H and O–H groups in total. The largest absolute Gasteiger partial charge is 0.378 e. The molecule has 3 aromatic heterocycles. The normalized spacial score (nSPS) is 19.9. The van der Waals surface area contributed by atoms with Crippen LogP contribution in [0.15, 0.2) is 41.2 Å². The summed E-state index contributed by atoms with van der Waals surface area (Å²) < 4.78 is 13.1. The van der Waals surface area contributed by atoms with Crippen molar-refractivity contribution in [2.45, 2.75) is 38.3 Å². The molecule has 5 rings (SSSR count). The van der Waals surface area contributed by atoms with Gasteiger partial charge in [0.15, 0.2) is 5.69 Å². The van der Waals surface area contributed by atoms with Crippen molar-refractivity contribution >= 4 is 27.6 Å². The van der Waals surface area contributed by atoms with Crippen molar-refractivity contribution in [3.8, 4) is 0 Å². The van der Waals surface area contributed by atoms with E-state index in [1.807, 2.05) is 30.5 Å². The number of ether oxygens (including phenoxy) is 1. The van der Waals surface area contributed by atoms with E-state index in [9.17, 15) is 0 Å². The van der Waals surface area contributed by atoms with Crippen LogP contribution in [0, 0.1) is 6.57 Å². The maximum atomic E-state index is 7.39. The van der Waals surface area contributed by atoms with Crippen LogP contribution >= 0.6 is 0 Å². The molecule has 0 bridgehead atoms. The van der Waals surface area contributed by atoms with E-state index in [2.05, 4.69) is 26.5 Å². The minimum atomic E-state index is 0.197. The first-order chi connectivity index (χ1) is 13.7. The summed E-state index contributed by atoms with van der Waals surface area (Å²) in [6.07, 6.45) is 6.03. The van der Waals surface area contributed by atoms with E-state index in [1.165, 1.54) is 0 Å². The first-order valence-electron chi connectivity index (χ1n) is 9.41. The second-order valence-electron chi connectivity index (χ2n) is 7.23. The van der Waals surface area contributed by atoms with Gasteiger partial charge in [-0.05, 0) is 31.9 Å². The van der Waals surface area contributed by atoms with Crippen molar-refractivity contribution in [1.82, 2.24) is 19.7 Å². The molecule has 2 atom stereocenters. The summed E-state index contributed by atoms with van der Waals surface area (Å²) in [7, 11) is 0. The number of aromatic nitrogens is 4. The molecule has 1 aliphatic heterocycles. The summed E-state index contributed by atoms with van der Waals surface area (Å²) in [5.74, 6) is 0.936.